The maximum absolute atomic E-state index is 5.13. The fraction of sp³-hybridized carbons (Fsp3) is 0.429. The zero-order valence-corrected chi connectivity index (χ0v) is 12.9. The number of rotatable bonds is 7. The Balaban J connectivity index is 2.25. The molecule has 0 atom stereocenters. The van der Waals surface area contributed by atoms with E-state index in [1.807, 2.05) is 13.1 Å². The van der Waals surface area contributed by atoms with Crippen LogP contribution in [0.1, 0.15) is 17.6 Å². The Labute approximate surface area is 123 Å². The monoisotopic (exact) mass is 292 g/mol. The lowest BCUT2D eigenvalue weighted by molar-refractivity contribution is 0.178. The van der Waals surface area contributed by atoms with Gasteiger partial charge in [0.05, 0.1) is 6.54 Å². The van der Waals surface area contributed by atoms with E-state index in [4.69, 9.17) is 4.74 Å². The average Bonchev–Trinajstić information content (AvgIpc) is 2.97. The summed E-state index contributed by atoms with van der Waals surface area (Å²) >= 11 is 1.76. The number of nitrogens with one attached hydrogen (secondary N) is 1. The first-order valence-electron chi connectivity index (χ1n) is 6.58. The molecule has 0 aliphatic carbocycles. The lowest BCUT2D eigenvalue weighted by Crippen LogP contribution is -2.23. The number of thiophene rings is 1. The standard InChI is InChI=1S/C14H20N4OS/c1-4-18(9-11-6-5-7-20-11)14-8-12(15-2)16-13(17-14)10-19-3/h5-8H,4,9-10H2,1-3H3,(H,15,16,17). The summed E-state index contributed by atoms with van der Waals surface area (Å²) in [5.41, 5.74) is 0. The smallest absolute Gasteiger partial charge is 0.158 e. The lowest BCUT2D eigenvalue weighted by Gasteiger charge is -2.22. The SMILES string of the molecule is CCN(Cc1cccs1)c1cc(NC)nc(COC)n1. The van der Waals surface area contributed by atoms with E-state index in [1.54, 1.807) is 18.4 Å². The summed E-state index contributed by atoms with van der Waals surface area (Å²) in [4.78, 5) is 12.5. The van der Waals surface area contributed by atoms with Crippen molar-refractivity contribution in [2.75, 3.05) is 30.9 Å². The number of methoxy groups -OCH3 is 1. The number of nitrogens with zero attached hydrogens (tertiary/aromatic N) is 3. The molecular formula is C14H20N4OS. The van der Waals surface area contributed by atoms with Crippen molar-refractivity contribution in [1.82, 2.24) is 9.97 Å². The molecular weight excluding hydrogens is 272 g/mol. The van der Waals surface area contributed by atoms with Crippen molar-refractivity contribution in [2.45, 2.75) is 20.1 Å². The summed E-state index contributed by atoms with van der Waals surface area (Å²) in [5.74, 6) is 2.43. The van der Waals surface area contributed by atoms with Gasteiger partial charge in [-0.05, 0) is 18.4 Å². The van der Waals surface area contributed by atoms with Gasteiger partial charge in [0.2, 0.25) is 0 Å². The van der Waals surface area contributed by atoms with Crippen LogP contribution in [0.4, 0.5) is 11.6 Å². The van der Waals surface area contributed by atoms with Crippen molar-refractivity contribution >= 4 is 23.0 Å². The van der Waals surface area contributed by atoms with Gasteiger partial charge in [-0.1, -0.05) is 6.07 Å². The second-order valence-electron chi connectivity index (χ2n) is 4.30. The second kappa shape index (κ2) is 7.21. The summed E-state index contributed by atoms with van der Waals surface area (Å²) in [6.45, 7) is 4.30. The summed E-state index contributed by atoms with van der Waals surface area (Å²) < 4.78 is 5.13. The van der Waals surface area contributed by atoms with Crippen molar-refractivity contribution in [3.63, 3.8) is 0 Å². The van der Waals surface area contributed by atoms with Crippen LogP contribution in [0.15, 0.2) is 23.6 Å². The van der Waals surface area contributed by atoms with Gasteiger partial charge < -0.3 is 15.0 Å². The zero-order chi connectivity index (χ0) is 14.4. The molecule has 20 heavy (non-hydrogen) atoms. The fourth-order valence-corrected chi connectivity index (χ4v) is 2.63. The van der Waals surface area contributed by atoms with Crippen molar-refractivity contribution in [1.29, 1.82) is 0 Å². The van der Waals surface area contributed by atoms with Crippen LogP contribution in [-0.2, 0) is 17.9 Å². The topological polar surface area (TPSA) is 50.3 Å². The largest absolute Gasteiger partial charge is 0.377 e. The van der Waals surface area contributed by atoms with E-state index in [2.05, 4.69) is 44.6 Å². The molecule has 2 aromatic rings. The van der Waals surface area contributed by atoms with Crippen LogP contribution in [0.25, 0.3) is 0 Å². The molecule has 0 unspecified atom stereocenters. The molecule has 0 amide bonds. The molecule has 0 spiro atoms. The minimum atomic E-state index is 0.416. The van der Waals surface area contributed by atoms with Crippen molar-refractivity contribution < 1.29 is 4.74 Å². The zero-order valence-electron chi connectivity index (χ0n) is 12.1. The predicted octanol–water partition coefficient (Wildman–Crippen LogP) is 2.75. The Bertz CT molecular complexity index is 530. The Morgan fingerprint density at radius 3 is 2.85 bits per heavy atom. The van der Waals surface area contributed by atoms with E-state index in [0.29, 0.717) is 12.4 Å². The van der Waals surface area contributed by atoms with Crippen molar-refractivity contribution in [3.8, 4) is 0 Å². The molecule has 5 nitrogen and oxygen atoms in total. The van der Waals surface area contributed by atoms with E-state index in [1.165, 1.54) is 4.88 Å². The van der Waals surface area contributed by atoms with Crippen molar-refractivity contribution in [3.05, 3.63) is 34.3 Å². The van der Waals surface area contributed by atoms with Gasteiger partial charge in [-0.15, -0.1) is 11.3 Å². The summed E-state index contributed by atoms with van der Waals surface area (Å²) in [5, 5.41) is 5.17. The minimum Gasteiger partial charge on any atom is -0.377 e. The van der Waals surface area contributed by atoms with E-state index < -0.39 is 0 Å². The van der Waals surface area contributed by atoms with Crippen LogP contribution in [0, 0.1) is 0 Å². The van der Waals surface area contributed by atoms with Gasteiger partial charge in [0.25, 0.3) is 0 Å². The van der Waals surface area contributed by atoms with Crippen LogP contribution < -0.4 is 10.2 Å². The highest BCUT2D eigenvalue weighted by atomic mass is 32.1. The van der Waals surface area contributed by atoms with E-state index in [9.17, 15) is 0 Å². The molecule has 6 heteroatoms. The molecule has 2 heterocycles. The van der Waals surface area contributed by atoms with Crippen LogP contribution >= 0.6 is 11.3 Å². The third-order valence-corrected chi connectivity index (χ3v) is 3.78. The molecule has 2 rings (SSSR count). The number of aromatic nitrogens is 2. The molecule has 0 aliphatic rings. The molecule has 1 N–H and O–H groups in total. The van der Waals surface area contributed by atoms with Gasteiger partial charge in [-0.3, -0.25) is 0 Å². The number of hydrogen-bond acceptors (Lipinski definition) is 6. The lowest BCUT2D eigenvalue weighted by atomic mass is 10.3. The Morgan fingerprint density at radius 1 is 1.40 bits per heavy atom. The summed E-state index contributed by atoms with van der Waals surface area (Å²) in [7, 11) is 3.51. The summed E-state index contributed by atoms with van der Waals surface area (Å²) in [6, 6.07) is 6.18. The summed E-state index contributed by atoms with van der Waals surface area (Å²) in [6.07, 6.45) is 0. The van der Waals surface area contributed by atoms with Crippen LogP contribution in [0.5, 0.6) is 0 Å². The van der Waals surface area contributed by atoms with Crippen molar-refractivity contribution in [2.24, 2.45) is 0 Å². The molecule has 0 saturated heterocycles. The molecule has 0 radical (unpaired) electrons. The van der Waals surface area contributed by atoms with Crippen LogP contribution in [0.3, 0.4) is 0 Å². The molecule has 2 aromatic heterocycles. The molecule has 0 bridgehead atoms. The molecule has 0 aromatic carbocycles. The third kappa shape index (κ3) is 3.68. The van der Waals surface area contributed by atoms with E-state index in [0.717, 1.165) is 24.7 Å². The Hall–Kier alpha value is -1.66. The number of ether oxygens (including phenoxy) is 1. The molecule has 0 aliphatic heterocycles. The first-order valence-corrected chi connectivity index (χ1v) is 7.46. The second-order valence-corrected chi connectivity index (χ2v) is 5.34. The van der Waals surface area contributed by atoms with Crippen LogP contribution in [0.2, 0.25) is 0 Å². The van der Waals surface area contributed by atoms with Gasteiger partial charge in [-0.25, -0.2) is 9.97 Å². The Morgan fingerprint density at radius 2 is 2.25 bits per heavy atom. The highest BCUT2D eigenvalue weighted by Gasteiger charge is 2.11. The fourth-order valence-electron chi connectivity index (χ4n) is 1.91. The van der Waals surface area contributed by atoms with Gasteiger partial charge in [0.1, 0.15) is 18.2 Å². The molecule has 0 fully saturated rings. The van der Waals surface area contributed by atoms with E-state index >= 15 is 0 Å². The maximum atomic E-state index is 5.13. The van der Waals surface area contributed by atoms with Gasteiger partial charge in [0, 0.05) is 31.6 Å². The highest BCUT2D eigenvalue weighted by Crippen LogP contribution is 2.20. The van der Waals surface area contributed by atoms with E-state index in [-0.39, 0.29) is 0 Å². The number of anilines is 2. The molecule has 0 saturated carbocycles. The van der Waals surface area contributed by atoms with Gasteiger partial charge in [-0.2, -0.15) is 0 Å². The highest BCUT2D eigenvalue weighted by molar-refractivity contribution is 7.09. The third-order valence-electron chi connectivity index (χ3n) is 2.92. The maximum Gasteiger partial charge on any atom is 0.158 e. The Kier molecular flexibility index (Phi) is 5.31. The quantitative estimate of drug-likeness (QED) is 0.850. The molecule has 108 valence electrons. The average molecular weight is 292 g/mol. The normalized spacial score (nSPS) is 10.6. The first kappa shape index (κ1) is 14.7. The number of hydrogen-bond donors (Lipinski definition) is 1. The minimum absolute atomic E-state index is 0.416. The van der Waals surface area contributed by atoms with Gasteiger partial charge >= 0.3 is 0 Å². The predicted molar refractivity (Wildman–Crippen MR) is 83.3 cm³/mol. The first-order chi connectivity index (χ1) is 9.76. The van der Waals surface area contributed by atoms with Crippen LogP contribution in [-0.4, -0.2) is 30.7 Å². The van der Waals surface area contributed by atoms with Gasteiger partial charge in [0.15, 0.2) is 5.82 Å².